The molecule has 2 heterocycles. The number of aromatic nitrogens is 1. The van der Waals surface area contributed by atoms with Crippen molar-refractivity contribution < 1.29 is 9.59 Å². The van der Waals surface area contributed by atoms with Gasteiger partial charge < -0.3 is 15.1 Å². The second kappa shape index (κ2) is 6.22. The molecule has 0 bridgehead atoms. The largest absolute Gasteiger partial charge is 0.347 e. The Morgan fingerprint density at radius 2 is 2.05 bits per heavy atom. The molecule has 1 aliphatic rings. The van der Waals surface area contributed by atoms with Crippen LogP contribution >= 0.6 is 0 Å². The van der Waals surface area contributed by atoms with E-state index in [1.165, 1.54) is 4.90 Å². The zero-order valence-electron chi connectivity index (χ0n) is 13.0. The molecule has 6 heteroatoms. The van der Waals surface area contributed by atoms with Gasteiger partial charge in [-0.1, -0.05) is 0 Å². The number of pyridine rings is 1. The molecular formula is C15H22N4O2. The molecule has 1 aromatic rings. The van der Waals surface area contributed by atoms with Crippen LogP contribution < -0.4 is 5.32 Å². The van der Waals surface area contributed by atoms with Crippen LogP contribution in [0.3, 0.4) is 0 Å². The average molecular weight is 290 g/mol. The second-order valence-corrected chi connectivity index (χ2v) is 5.54. The van der Waals surface area contributed by atoms with Crippen molar-refractivity contribution >= 4 is 11.8 Å². The number of rotatable bonds is 2. The lowest BCUT2D eigenvalue weighted by atomic mass is 10.1. The minimum atomic E-state index is -0.457. The summed E-state index contributed by atoms with van der Waals surface area (Å²) in [6, 6.07) is 3.16. The van der Waals surface area contributed by atoms with Gasteiger partial charge >= 0.3 is 0 Å². The highest BCUT2D eigenvalue weighted by Gasteiger charge is 2.34. The van der Waals surface area contributed by atoms with E-state index in [1.807, 2.05) is 19.9 Å². The minimum Gasteiger partial charge on any atom is -0.347 e. The van der Waals surface area contributed by atoms with Crippen LogP contribution in [0.4, 0.5) is 0 Å². The van der Waals surface area contributed by atoms with Crippen molar-refractivity contribution in [1.82, 2.24) is 20.1 Å². The van der Waals surface area contributed by atoms with Gasteiger partial charge in [-0.15, -0.1) is 0 Å². The van der Waals surface area contributed by atoms with Crippen LogP contribution in [-0.4, -0.2) is 66.4 Å². The summed E-state index contributed by atoms with van der Waals surface area (Å²) in [5.41, 5.74) is 2.15. The summed E-state index contributed by atoms with van der Waals surface area (Å²) in [4.78, 5) is 32.5. The summed E-state index contributed by atoms with van der Waals surface area (Å²) in [6.45, 7) is 5.43. The number of likely N-dealkylation sites (N-methyl/N-ethyl adjacent to an activating group) is 1. The molecule has 0 aliphatic carbocycles. The van der Waals surface area contributed by atoms with Gasteiger partial charge in [0.1, 0.15) is 6.04 Å². The lowest BCUT2D eigenvalue weighted by Crippen LogP contribution is -2.59. The normalized spacial score (nSPS) is 18.5. The van der Waals surface area contributed by atoms with Crippen molar-refractivity contribution in [3.05, 3.63) is 29.1 Å². The van der Waals surface area contributed by atoms with Gasteiger partial charge in [0.05, 0.1) is 11.3 Å². The van der Waals surface area contributed by atoms with E-state index < -0.39 is 6.04 Å². The first-order chi connectivity index (χ1) is 9.91. The fraction of sp³-hybridized carbons (Fsp3) is 0.533. The number of piperazine rings is 1. The highest BCUT2D eigenvalue weighted by molar-refractivity contribution is 5.98. The lowest BCUT2D eigenvalue weighted by molar-refractivity contribution is -0.134. The third-order valence-corrected chi connectivity index (χ3v) is 3.69. The van der Waals surface area contributed by atoms with Crippen LogP contribution in [-0.2, 0) is 4.79 Å². The maximum Gasteiger partial charge on any atom is 0.256 e. The highest BCUT2D eigenvalue weighted by atomic mass is 16.2. The molecule has 114 valence electrons. The minimum absolute atomic E-state index is 0.0618. The monoisotopic (exact) mass is 290 g/mol. The van der Waals surface area contributed by atoms with Crippen LogP contribution in [0.25, 0.3) is 0 Å². The van der Waals surface area contributed by atoms with Crippen molar-refractivity contribution in [2.75, 3.05) is 33.7 Å². The van der Waals surface area contributed by atoms with Crippen molar-refractivity contribution in [2.24, 2.45) is 0 Å². The summed E-state index contributed by atoms with van der Waals surface area (Å²) in [5.74, 6) is -0.185. The summed E-state index contributed by atoms with van der Waals surface area (Å²) in [5, 5.41) is 3.17. The summed E-state index contributed by atoms with van der Waals surface area (Å²) >= 11 is 0. The molecule has 0 aromatic carbocycles. The van der Waals surface area contributed by atoms with Crippen LogP contribution in [0.5, 0.6) is 0 Å². The SMILES string of the molecule is Cc1ccc(C(=O)N2CCNCC2C(=O)N(C)C)c(C)n1. The quantitative estimate of drug-likeness (QED) is 0.845. The first-order valence-corrected chi connectivity index (χ1v) is 7.09. The third kappa shape index (κ3) is 3.21. The zero-order chi connectivity index (χ0) is 15.6. The standard InChI is InChI=1S/C15H22N4O2/c1-10-5-6-12(11(2)17-10)14(20)19-8-7-16-9-13(19)15(21)18(3)4/h5-6,13,16H,7-9H2,1-4H3. The van der Waals surface area contributed by atoms with E-state index in [1.54, 1.807) is 25.1 Å². The Hall–Kier alpha value is -1.95. The molecule has 1 aliphatic heterocycles. The van der Waals surface area contributed by atoms with E-state index in [-0.39, 0.29) is 11.8 Å². The number of aryl methyl sites for hydroxylation is 2. The molecule has 1 aromatic heterocycles. The summed E-state index contributed by atoms with van der Waals surface area (Å²) < 4.78 is 0. The number of nitrogens with zero attached hydrogens (tertiary/aromatic N) is 3. The predicted octanol–water partition coefficient (Wildman–Crippen LogP) is 0.201. The van der Waals surface area contributed by atoms with E-state index in [0.29, 0.717) is 30.9 Å². The zero-order valence-corrected chi connectivity index (χ0v) is 13.0. The molecule has 1 unspecified atom stereocenters. The van der Waals surface area contributed by atoms with E-state index in [0.717, 1.165) is 5.69 Å². The molecular weight excluding hydrogens is 268 g/mol. The van der Waals surface area contributed by atoms with Gasteiger partial charge in [0.2, 0.25) is 5.91 Å². The molecule has 1 fully saturated rings. The number of carbonyl (C=O) groups excluding carboxylic acids is 2. The van der Waals surface area contributed by atoms with Gasteiger partial charge in [-0.2, -0.15) is 0 Å². The van der Waals surface area contributed by atoms with E-state index in [2.05, 4.69) is 10.3 Å². The Morgan fingerprint density at radius 1 is 1.33 bits per heavy atom. The van der Waals surface area contributed by atoms with E-state index in [4.69, 9.17) is 0 Å². The maximum atomic E-state index is 12.8. The first kappa shape index (κ1) is 15.4. The Balaban J connectivity index is 2.28. The molecule has 6 nitrogen and oxygen atoms in total. The number of nitrogens with one attached hydrogen (secondary N) is 1. The lowest BCUT2D eigenvalue weighted by Gasteiger charge is -2.36. The molecule has 21 heavy (non-hydrogen) atoms. The number of amides is 2. The number of carbonyl (C=O) groups is 2. The Labute approximate surface area is 125 Å². The van der Waals surface area contributed by atoms with Gasteiger partial charge in [0.15, 0.2) is 0 Å². The van der Waals surface area contributed by atoms with Gasteiger partial charge in [-0.25, -0.2) is 0 Å². The molecule has 1 N–H and O–H groups in total. The van der Waals surface area contributed by atoms with Crippen molar-refractivity contribution in [3.8, 4) is 0 Å². The summed E-state index contributed by atoms with van der Waals surface area (Å²) in [7, 11) is 3.41. The van der Waals surface area contributed by atoms with Crippen LogP contribution in [0.1, 0.15) is 21.7 Å². The fourth-order valence-electron chi connectivity index (χ4n) is 2.53. The molecule has 2 rings (SSSR count). The summed E-state index contributed by atoms with van der Waals surface area (Å²) in [6.07, 6.45) is 0. The average Bonchev–Trinajstić information content (AvgIpc) is 2.45. The number of hydrogen-bond donors (Lipinski definition) is 1. The maximum absolute atomic E-state index is 12.8. The van der Waals surface area contributed by atoms with Gasteiger partial charge in [0.25, 0.3) is 5.91 Å². The number of hydrogen-bond acceptors (Lipinski definition) is 4. The topological polar surface area (TPSA) is 65.5 Å². The van der Waals surface area contributed by atoms with Crippen LogP contribution in [0, 0.1) is 13.8 Å². The molecule has 0 saturated carbocycles. The highest BCUT2D eigenvalue weighted by Crippen LogP contribution is 2.15. The van der Waals surface area contributed by atoms with Crippen LogP contribution in [0.15, 0.2) is 12.1 Å². The van der Waals surface area contributed by atoms with E-state index >= 15 is 0 Å². The Morgan fingerprint density at radius 3 is 2.67 bits per heavy atom. The second-order valence-electron chi connectivity index (χ2n) is 5.54. The van der Waals surface area contributed by atoms with E-state index in [9.17, 15) is 9.59 Å². The van der Waals surface area contributed by atoms with Crippen molar-refractivity contribution in [2.45, 2.75) is 19.9 Å². The Bertz CT molecular complexity index is 557. The molecule has 0 radical (unpaired) electrons. The van der Waals surface area contributed by atoms with Gasteiger partial charge in [-0.3, -0.25) is 14.6 Å². The van der Waals surface area contributed by atoms with Gasteiger partial charge in [-0.05, 0) is 26.0 Å². The first-order valence-electron chi connectivity index (χ1n) is 7.09. The molecule has 1 saturated heterocycles. The molecule has 1 atom stereocenters. The smallest absolute Gasteiger partial charge is 0.256 e. The third-order valence-electron chi connectivity index (χ3n) is 3.69. The van der Waals surface area contributed by atoms with Gasteiger partial charge in [0, 0.05) is 39.4 Å². The van der Waals surface area contributed by atoms with Crippen molar-refractivity contribution in [3.63, 3.8) is 0 Å². The fourth-order valence-corrected chi connectivity index (χ4v) is 2.53. The Kier molecular flexibility index (Phi) is 4.57. The molecule has 2 amide bonds. The van der Waals surface area contributed by atoms with Crippen LogP contribution in [0.2, 0.25) is 0 Å². The predicted molar refractivity (Wildman–Crippen MR) is 80.1 cm³/mol. The van der Waals surface area contributed by atoms with Crippen molar-refractivity contribution in [1.29, 1.82) is 0 Å². The molecule has 0 spiro atoms.